The van der Waals surface area contributed by atoms with Crippen LogP contribution in [0.1, 0.15) is 49.3 Å². The molecule has 184 valence electrons. The summed E-state index contributed by atoms with van der Waals surface area (Å²) in [5.41, 5.74) is 9.81. The van der Waals surface area contributed by atoms with Crippen LogP contribution in [0.2, 0.25) is 0 Å². The minimum Gasteiger partial charge on any atom is -0.504 e. The third-order valence-corrected chi connectivity index (χ3v) is 5.31. The van der Waals surface area contributed by atoms with Crippen LogP contribution >= 0.6 is 50.9 Å². The molecule has 0 bridgehead atoms. The van der Waals surface area contributed by atoms with Gasteiger partial charge in [-0.2, -0.15) is 0 Å². The molecule has 2 rings (SSSR count). The number of rotatable bonds is 14. The summed E-state index contributed by atoms with van der Waals surface area (Å²) in [4.78, 5) is 0. The van der Waals surface area contributed by atoms with Gasteiger partial charge in [0.25, 0.3) is 0 Å². The van der Waals surface area contributed by atoms with E-state index in [1.54, 1.807) is 6.07 Å². The van der Waals surface area contributed by atoms with Gasteiger partial charge in [0.05, 0.1) is 0 Å². The topological polar surface area (TPSA) is 90.5 Å². The fourth-order valence-electron chi connectivity index (χ4n) is 3.54. The minimum atomic E-state index is -0.0294. The van der Waals surface area contributed by atoms with Crippen LogP contribution in [0.4, 0.5) is 5.69 Å². The van der Waals surface area contributed by atoms with Crippen LogP contribution in [0.5, 0.6) is 11.5 Å². The van der Waals surface area contributed by atoms with Gasteiger partial charge in [0.1, 0.15) is 0 Å². The molecule has 0 fully saturated rings. The van der Waals surface area contributed by atoms with Crippen LogP contribution in [0.15, 0.2) is 36.4 Å². The number of anilines is 1. The molecule has 0 heterocycles. The Morgan fingerprint density at radius 2 is 1.28 bits per heavy atom. The van der Waals surface area contributed by atoms with E-state index in [1.807, 2.05) is 25.1 Å². The zero-order valence-electron chi connectivity index (χ0n) is 18.9. The lowest BCUT2D eigenvalue weighted by Crippen LogP contribution is -2.19. The van der Waals surface area contributed by atoms with Gasteiger partial charge in [-0.25, -0.2) is 0 Å². The summed E-state index contributed by atoms with van der Waals surface area (Å²) in [5.74, 6) is 0.00498. The number of halogens is 3. The molecule has 0 aliphatic heterocycles. The Morgan fingerprint density at radius 3 is 1.84 bits per heavy atom. The number of aromatic hydroxyl groups is 2. The van der Waals surface area contributed by atoms with Crippen LogP contribution in [-0.2, 0) is 19.3 Å². The smallest absolute Gasteiger partial charge is 0.160 e. The van der Waals surface area contributed by atoms with E-state index in [2.05, 4.69) is 22.8 Å². The molecule has 6 N–H and O–H groups in total. The summed E-state index contributed by atoms with van der Waals surface area (Å²) >= 11 is 0. The maximum atomic E-state index is 9.94. The number of nitrogens with one attached hydrogen (secondary N) is 2. The third-order valence-electron chi connectivity index (χ3n) is 5.31. The highest BCUT2D eigenvalue weighted by Crippen LogP contribution is 2.31. The van der Waals surface area contributed by atoms with Crippen molar-refractivity contribution in [3.63, 3.8) is 0 Å². The Morgan fingerprint density at radius 1 is 0.719 bits per heavy atom. The molecule has 5 nitrogen and oxygen atoms in total. The normalized spacial score (nSPS) is 10.0. The van der Waals surface area contributed by atoms with Crippen molar-refractivity contribution in [3.8, 4) is 11.5 Å². The molecule has 0 aliphatic rings. The molecule has 0 radical (unpaired) electrons. The number of unbranched alkanes of at least 4 members (excludes halogenated alkanes) is 3. The largest absolute Gasteiger partial charge is 0.504 e. The SMILES string of the molecule is Br.Br.Br.CCc1c(CCNCCCCCCNCCc2ccc(N)cc2)ccc(O)c1O. The molecule has 0 spiro atoms. The molecule has 0 atom stereocenters. The van der Waals surface area contributed by atoms with Gasteiger partial charge in [-0.3, -0.25) is 0 Å². The number of hydrogen-bond donors (Lipinski definition) is 5. The monoisotopic (exact) mass is 639 g/mol. The van der Waals surface area contributed by atoms with Gasteiger partial charge in [-0.15, -0.1) is 50.9 Å². The maximum Gasteiger partial charge on any atom is 0.160 e. The Labute approximate surface area is 224 Å². The van der Waals surface area contributed by atoms with E-state index in [1.165, 1.54) is 31.2 Å². The van der Waals surface area contributed by atoms with E-state index in [0.29, 0.717) is 0 Å². The van der Waals surface area contributed by atoms with Crippen molar-refractivity contribution in [1.29, 1.82) is 0 Å². The average molecular weight is 642 g/mol. The summed E-state index contributed by atoms with van der Waals surface area (Å²) in [6.45, 7) is 6.00. The van der Waals surface area contributed by atoms with Crippen molar-refractivity contribution in [1.82, 2.24) is 10.6 Å². The molecule has 2 aromatic rings. The first kappa shape index (κ1) is 33.4. The van der Waals surface area contributed by atoms with Crippen LogP contribution in [-0.4, -0.2) is 36.4 Å². The highest BCUT2D eigenvalue weighted by atomic mass is 79.9. The van der Waals surface area contributed by atoms with E-state index < -0.39 is 0 Å². The van der Waals surface area contributed by atoms with Gasteiger partial charge in [0.15, 0.2) is 11.5 Å². The first-order valence-electron chi connectivity index (χ1n) is 10.9. The summed E-state index contributed by atoms with van der Waals surface area (Å²) in [6, 6.07) is 11.6. The quantitative estimate of drug-likeness (QED) is 0.107. The van der Waals surface area contributed by atoms with Crippen molar-refractivity contribution in [2.75, 3.05) is 31.9 Å². The molecule has 0 aliphatic carbocycles. The first-order chi connectivity index (χ1) is 14.1. The predicted octanol–water partition coefficient (Wildman–Crippen LogP) is 5.50. The average Bonchev–Trinajstić information content (AvgIpc) is 2.72. The highest BCUT2D eigenvalue weighted by molar-refractivity contribution is 8.93. The standard InChI is InChI=1S/C24H37N3O2.3BrH/c1-2-22-20(9-12-23(28)24(22)29)14-18-27-16-6-4-3-5-15-26-17-13-19-7-10-21(25)11-8-19;;;/h7-12,26-29H,2-6,13-18,25H2,1H3;3*1H. The van der Waals surface area contributed by atoms with Crippen LogP contribution < -0.4 is 16.4 Å². The number of nitrogen functional groups attached to an aromatic ring is 1. The Hall–Kier alpha value is -0.800. The summed E-state index contributed by atoms with van der Waals surface area (Å²) in [6.07, 6.45) is 7.54. The fraction of sp³-hybridized carbons (Fsp3) is 0.500. The number of nitrogens with two attached hydrogens (primary N) is 1. The van der Waals surface area contributed by atoms with E-state index in [4.69, 9.17) is 5.73 Å². The van der Waals surface area contributed by atoms with Crippen molar-refractivity contribution in [2.24, 2.45) is 0 Å². The summed E-state index contributed by atoms with van der Waals surface area (Å²) in [5, 5.41) is 26.5. The Kier molecular flexibility index (Phi) is 20.5. The van der Waals surface area contributed by atoms with Gasteiger partial charge in [-0.1, -0.05) is 38.0 Å². The van der Waals surface area contributed by atoms with E-state index in [0.717, 1.165) is 62.3 Å². The summed E-state index contributed by atoms with van der Waals surface area (Å²) in [7, 11) is 0. The van der Waals surface area contributed by atoms with Gasteiger partial charge < -0.3 is 26.6 Å². The molecule has 0 unspecified atom stereocenters. The van der Waals surface area contributed by atoms with Crippen molar-refractivity contribution >= 4 is 56.6 Å². The highest BCUT2D eigenvalue weighted by Gasteiger charge is 2.09. The molecule has 8 heteroatoms. The second-order valence-corrected chi connectivity index (χ2v) is 7.58. The van der Waals surface area contributed by atoms with Crippen LogP contribution in [0, 0.1) is 0 Å². The fourth-order valence-corrected chi connectivity index (χ4v) is 3.54. The lowest BCUT2D eigenvalue weighted by molar-refractivity contribution is 0.399. The lowest BCUT2D eigenvalue weighted by Gasteiger charge is -2.12. The molecule has 0 aromatic heterocycles. The van der Waals surface area contributed by atoms with E-state index in [9.17, 15) is 10.2 Å². The Bertz CT molecular complexity index is 731. The van der Waals surface area contributed by atoms with Crippen LogP contribution in [0.25, 0.3) is 0 Å². The van der Waals surface area contributed by atoms with Crippen LogP contribution in [0.3, 0.4) is 0 Å². The molecule has 2 aromatic carbocycles. The molecule has 0 amide bonds. The second kappa shape index (κ2) is 19.6. The second-order valence-electron chi connectivity index (χ2n) is 7.58. The van der Waals surface area contributed by atoms with Gasteiger partial charge in [-0.05, 0) is 87.6 Å². The first-order valence-corrected chi connectivity index (χ1v) is 10.9. The maximum absolute atomic E-state index is 9.94. The van der Waals surface area contributed by atoms with Gasteiger partial charge >= 0.3 is 0 Å². The number of hydrogen-bond acceptors (Lipinski definition) is 5. The van der Waals surface area contributed by atoms with Gasteiger partial charge in [0.2, 0.25) is 0 Å². The molecule has 0 saturated heterocycles. The van der Waals surface area contributed by atoms with E-state index in [-0.39, 0.29) is 62.4 Å². The van der Waals surface area contributed by atoms with Crippen molar-refractivity contribution < 1.29 is 10.2 Å². The van der Waals surface area contributed by atoms with E-state index >= 15 is 0 Å². The van der Waals surface area contributed by atoms with Gasteiger partial charge in [0, 0.05) is 11.3 Å². The lowest BCUT2D eigenvalue weighted by atomic mass is 10.0. The summed E-state index contributed by atoms with van der Waals surface area (Å²) < 4.78 is 0. The Balaban J connectivity index is 0. The zero-order chi connectivity index (χ0) is 20.9. The third kappa shape index (κ3) is 12.4. The molecule has 0 saturated carbocycles. The molecular formula is C24H40Br3N3O2. The zero-order valence-corrected chi connectivity index (χ0v) is 24.1. The number of phenolic OH excluding ortho intramolecular Hbond substituents is 2. The molecular weight excluding hydrogens is 602 g/mol. The van der Waals surface area contributed by atoms with Crippen molar-refractivity contribution in [3.05, 3.63) is 53.1 Å². The number of phenols is 2. The minimum absolute atomic E-state index is 0. The number of benzene rings is 2. The van der Waals surface area contributed by atoms with Crippen molar-refractivity contribution in [2.45, 2.75) is 51.9 Å². The molecule has 32 heavy (non-hydrogen) atoms. The predicted molar refractivity (Wildman–Crippen MR) is 153 cm³/mol.